The van der Waals surface area contributed by atoms with E-state index in [1.807, 2.05) is 31.1 Å². The molecule has 2 rings (SSSR count). The van der Waals surface area contributed by atoms with Crippen molar-refractivity contribution in [3.63, 3.8) is 0 Å². The van der Waals surface area contributed by atoms with Crippen molar-refractivity contribution in [2.45, 2.75) is 25.0 Å². The average Bonchev–Trinajstić information content (AvgIpc) is 2.22. The second kappa shape index (κ2) is 5.15. The maximum Gasteiger partial charge on any atom is 0.0659 e. The molecule has 0 radical (unpaired) electrons. The Morgan fingerprint density at radius 2 is 2.06 bits per heavy atom. The Labute approximate surface area is 108 Å². The molecule has 17 heavy (non-hydrogen) atoms. The van der Waals surface area contributed by atoms with E-state index >= 15 is 0 Å². The number of hydrogen-bond donors (Lipinski definition) is 1. The molecule has 0 unspecified atom stereocenters. The molecule has 0 aliphatic heterocycles. The highest BCUT2D eigenvalue weighted by molar-refractivity contribution is 6.33. The number of rotatable bonds is 4. The molecule has 0 heterocycles. The van der Waals surface area contributed by atoms with Crippen molar-refractivity contribution in [2.24, 2.45) is 0 Å². The van der Waals surface area contributed by atoms with Gasteiger partial charge in [0.2, 0.25) is 0 Å². The number of benzene rings is 1. The smallest absolute Gasteiger partial charge is 0.0659 e. The van der Waals surface area contributed by atoms with Gasteiger partial charge in [0.05, 0.1) is 16.8 Å². The van der Waals surface area contributed by atoms with E-state index in [9.17, 15) is 0 Å². The summed E-state index contributed by atoms with van der Waals surface area (Å²) in [6, 6.07) is 6.61. The first-order valence-corrected chi connectivity index (χ1v) is 6.24. The van der Waals surface area contributed by atoms with Gasteiger partial charge in [0.1, 0.15) is 0 Å². The molecule has 3 nitrogen and oxygen atoms in total. The van der Waals surface area contributed by atoms with Crippen LogP contribution in [0.2, 0.25) is 5.02 Å². The highest BCUT2D eigenvalue weighted by Crippen LogP contribution is 2.30. The zero-order valence-corrected chi connectivity index (χ0v) is 11.3. The summed E-state index contributed by atoms with van der Waals surface area (Å²) in [4.78, 5) is 2.01. The van der Waals surface area contributed by atoms with Crippen LogP contribution >= 0.6 is 11.6 Å². The molecule has 0 amide bonds. The molecule has 0 atom stereocenters. The van der Waals surface area contributed by atoms with Gasteiger partial charge in [-0.05, 0) is 31.0 Å². The van der Waals surface area contributed by atoms with Crippen molar-refractivity contribution in [1.82, 2.24) is 0 Å². The molecule has 1 aromatic carbocycles. The fourth-order valence-electron chi connectivity index (χ4n) is 2.07. The summed E-state index contributed by atoms with van der Waals surface area (Å²) in [5.74, 6) is 0. The maximum absolute atomic E-state index is 6.22. The fraction of sp³-hybridized carbons (Fsp3) is 0.538. The van der Waals surface area contributed by atoms with Gasteiger partial charge in [-0.15, -0.1) is 0 Å². The van der Waals surface area contributed by atoms with Crippen LogP contribution in [0, 0.1) is 0 Å². The van der Waals surface area contributed by atoms with Crippen molar-refractivity contribution >= 4 is 23.0 Å². The van der Waals surface area contributed by atoms with Gasteiger partial charge in [0.25, 0.3) is 0 Å². The minimum Gasteiger partial charge on any atom is -0.382 e. The molecule has 1 saturated carbocycles. The topological polar surface area (TPSA) is 24.5 Å². The van der Waals surface area contributed by atoms with Gasteiger partial charge < -0.3 is 15.0 Å². The van der Waals surface area contributed by atoms with Crippen LogP contribution in [0.5, 0.6) is 0 Å². The lowest BCUT2D eigenvalue weighted by Gasteiger charge is -2.35. The number of hydrogen-bond acceptors (Lipinski definition) is 3. The molecular weight excluding hydrogens is 236 g/mol. The molecule has 1 aromatic rings. The first kappa shape index (κ1) is 12.5. The summed E-state index contributed by atoms with van der Waals surface area (Å²) >= 11 is 6.22. The average molecular weight is 255 g/mol. The Kier molecular flexibility index (Phi) is 3.79. The van der Waals surface area contributed by atoms with Crippen LogP contribution in [0.15, 0.2) is 18.2 Å². The third-order valence-electron chi connectivity index (χ3n) is 3.23. The lowest BCUT2D eigenvalue weighted by Crippen LogP contribution is -2.40. The SMILES string of the molecule is COC1CC(Nc2ccc(N(C)C)c(Cl)c2)C1. The normalized spacial score (nSPS) is 23.1. The molecule has 0 bridgehead atoms. The van der Waals surface area contributed by atoms with E-state index < -0.39 is 0 Å². The Balaban J connectivity index is 1.96. The van der Waals surface area contributed by atoms with Gasteiger partial charge in [-0.1, -0.05) is 11.6 Å². The largest absolute Gasteiger partial charge is 0.382 e. The first-order valence-electron chi connectivity index (χ1n) is 5.86. The standard InChI is InChI=1S/C13H19ClN2O/c1-16(2)13-5-4-9(8-12(13)14)15-10-6-11(7-10)17-3/h4-5,8,10-11,15H,6-7H2,1-3H3. The number of halogens is 1. The summed E-state index contributed by atoms with van der Waals surface area (Å²) in [5.41, 5.74) is 2.13. The fourth-order valence-corrected chi connectivity index (χ4v) is 2.42. The summed E-state index contributed by atoms with van der Waals surface area (Å²) < 4.78 is 5.26. The number of methoxy groups -OCH3 is 1. The van der Waals surface area contributed by atoms with Crippen molar-refractivity contribution in [3.05, 3.63) is 23.2 Å². The number of ether oxygens (including phenoxy) is 1. The highest BCUT2D eigenvalue weighted by Gasteiger charge is 2.28. The second-order valence-corrected chi connectivity index (χ2v) is 5.14. The van der Waals surface area contributed by atoms with Crippen LogP contribution < -0.4 is 10.2 Å². The quantitative estimate of drug-likeness (QED) is 0.894. The van der Waals surface area contributed by atoms with Gasteiger partial charge in [0, 0.05) is 32.9 Å². The molecular formula is C13H19ClN2O. The second-order valence-electron chi connectivity index (χ2n) is 4.73. The minimum atomic E-state index is 0.420. The zero-order valence-electron chi connectivity index (χ0n) is 10.5. The van der Waals surface area contributed by atoms with E-state index in [4.69, 9.17) is 16.3 Å². The number of nitrogens with one attached hydrogen (secondary N) is 1. The van der Waals surface area contributed by atoms with E-state index in [1.165, 1.54) is 0 Å². The van der Waals surface area contributed by atoms with Crippen LogP contribution in [-0.4, -0.2) is 33.4 Å². The molecule has 0 saturated heterocycles. The molecule has 0 spiro atoms. The summed E-state index contributed by atoms with van der Waals surface area (Å²) in [5, 5.41) is 4.25. The molecule has 1 aliphatic rings. The van der Waals surface area contributed by atoms with Gasteiger partial charge in [-0.25, -0.2) is 0 Å². The van der Waals surface area contributed by atoms with Crippen molar-refractivity contribution in [3.8, 4) is 0 Å². The van der Waals surface area contributed by atoms with Gasteiger partial charge >= 0.3 is 0 Å². The van der Waals surface area contributed by atoms with Crippen molar-refractivity contribution in [2.75, 3.05) is 31.4 Å². The maximum atomic E-state index is 6.22. The Morgan fingerprint density at radius 3 is 2.59 bits per heavy atom. The first-order chi connectivity index (χ1) is 8.10. The third-order valence-corrected chi connectivity index (χ3v) is 3.53. The molecule has 4 heteroatoms. The van der Waals surface area contributed by atoms with Crippen LogP contribution in [0.25, 0.3) is 0 Å². The van der Waals surface area contributed by atoms with Gasteiger partial charge in [-0.3, -0.25) is 0 Å². The summed E-state index contributed by atoms with van der Waals surface area (Å²) in [6.07, 6.45) is 2.57. The molecule has 1 aliphatic carbocycles. The van der Waals surface area contributed by atoms with E-state index in [-0.39, 0.29) is 0 Å². The number of anilines is 2. The Hall–Kier alpha value is -0.930. The lowest BCUT2D eigenvalue weighted by molar-refractivity contribution is 0.0329. The minimum absolute atomic E-state index is 0.420. The predicted molar refractivity (Wildman–Crippen MR) is 73.2 cm³/mol. The molecule has 1 fully saturated rings. The zero-order chi connectivity index (χ0) is 12.4. The highest BCUT2D eigenvalue weighted by atomic mass is 35.5. The van der Waals surface area contributed by atoms with E-state index in [2.05, 4.69) is 11.4 Å². The van der Waals surface area contributed by atoms with Gasteiger partial charge in [-0.2, -0.15) is 0 Å². The van der Waals surface area contributed by atoms with E-state index in [0.717, 1.165) is 29.2 Å². The number of nitrogens with zero attached hydrogens (tertiary/aromatic N) is 1. The summed E-state index contributed by atoms with van der Waals surface area (Å²) in [7, 11) is 5.75. The van der Waals surface area contributed by atoms with Crippen LogP contribution in [0.3, 0.4) is 0 Å². The van der Waals surface area contributed by atoms with Crippen LogP contribution in [-0.2, 0) is 4.74 Å². The van der Waals surface area contributed by atoms with E-state index in [1.54, 1.807) is 7.11 Å². The summed E-state index contributed by atoms with van der Waals surface area (Å²) in [6.45, 7) is 0. The molecule has 1 N–H and O–H groups in total. The van der Waals surface area contributed by atoms with Crippen LogP contribution in [0.4, 0.5) is 11.4 Å². The van der Waals surface area contributed by atoms with Crippen molar-refractivity contribution < 1.29 is 4.74 Å². The Morgan fingerprint density at radius 1 is 1.35 bits per heavy atom. The predicted octanol–water partition coefficient (Wildman–Crippen LogP) is 3.00. The molecule has 94 valence electrons. The lowest BCUT2D eigenvalue weighted by atomic mass is 9.89. The Bertz CT molecular complexity index is 389. The van der Waals surface area contributed by atoms with Crippen molar-refractivity contribution in [1.29, 1.82) is 0 Å². The monoisotopic (exact) mass is 254 g/mol. The molecule has 0 aromatic heterocycles. The third kappa shape index (κ3) is 2.85. The van der Waals surface area contributed by atoms with E-state index in [0.29, 0.717) is 12.1 Å². The van der Waals surface area contributed by atoms with Crippen LogP contribution in [0.1, 0.15) is 12.8 Å². The van der Waals surface area contributed by atoms with Gasteiger partial charge in [0.15, 0.2) is 0 Å².